The van der Waals surface area contributed by atoms with Gasteiger partial charge in [0.05, 0.1) is 5.56 Å². The van der Waals surface area contributed by atoms with Crippen LogP contribution in [0, 0.1) is 18.3 Å². The van der Waals surface area contributed by atoms with Gasteiger partial charge in [0.15, 0.2) is 0 Å². The van der Waals surface area contributed by atoms with E-state index in [4.69, 9.17) is 0 Å². The van der Waals surface area contributed by atoms with Gasteiger partial charge >= 0.3 is 5.97 Å². The third kappa shape index (κ3) is 3.37. The van der Waals surface area contributed by atoms with Crippen molar-refractivity contribution in [3.05, 3.63) is 82.2 Å². The molecule has 0 aliphatic heterocycles. The molecule has 4 heteroatoms. The van der Waals surface area contributed by atoms with Gasteiger partial charge in [0.2, 0.25) is 0 Å². The van der Waals surface area contributed by atoms with Crippen LogP contribution in [0.5, 0.6) is 0 Å². The summed E-state index contributed by atoms with van der Waals surface area (Å²) in [5.41, 5.74) is 6.28. The van der Waals surface area contributed by atoms with Crippen LogP contribution in [0.2, 0.25) is 0 Å². The minimum Gasteiger partial charge on any atom is -0.477 e. The SMILES string of the molecule is CCc1c(C#N)c(-c2ccc(Cc3ccccc3C)cc2)c(C(=O)O)n1C. The largest absolute Gasteiger partial charge is 0.477 e. The number of rotatable bonds is 5. The minimum absolute atomic E-state index is 0.162. The first-order chi connectivity index (χ1) is 13.0. The Bertz CT molecular complexity index is 1040. The fourth-order valence-electron chi connectivity index (χ4n) is 3.62. The van der Waals surface area contributed by atoms with E-state index in [-0.39, 0.29) is 5.69 Å². The average Bonchev–Trinajstić information content (AvgIpc) is 2.95. The molecule has 0 aliphatic carbocycles. The summed E-state index contributed by atoms with van der Waals surface area (Å²) >= 11 is 0. The minimum atomic E-state index is -1.02. The maximum Gasteiger partial charge on any atom is 0.353 e. The second kappa shape index (κ2) is 7.51. The summed E-state index contributed by atoms with van der Waals surface area (Å²) in [6, 6.07) is 18.3. The Labute approximate surface area is 159 Å². The second-order valence-electron chi connectivity index (χ2n) is 6.68. The van der Waals surface area contributed by atoms with Crippen molar-refractivity contribution in [1.29, 1.82) is 5.26 Å². The van der Waals surface area contributed by atoms with Gasteiger partial charge in [-0.05, 0) is 42.0 Å². The maximum absolute atomic E-state index is 11.8. The van der Waals surface area contributed by atoms with Crippen molar-refractivity contribution in [3.63, 3.8) is 0 Å². The molecular weight excluding hydrogens is 336 g/mol. The van der Waals surface area contributed by atoms with Crippen LogP contribution in [0.4, 0.5) is 0 Å². The summed E-state index contributed by atoms with van der Waals surface area (Å²) in [7, 11) is 1.71. The number of carboxylic acid groups (broad SMARTS) is 1. The van der Waals surface area contributed by atoms with E-state index in [1.54, 1.807) is 11.6 Å². The number of carboxylic acids is 1. The highest BCUT2D eigenvalue weighted by atomic mass is 16.4. The molecule has 0 radical (unpaired) electrons. The summed E-state index contributed by atoms with van der Waals surface area (Å²) in [6.07, 6.45) is 1.42. The molecule has 3 rings (SSSR count). The van der Waals surface area contributed by atoms with E-state index in [1.165, 1.54) is 11.1 Å². The van der Waals surface area contributed by atoms with E-state index in [0.29, 0.717) is 17.5 Å². The normalized spacial score (nSPS) is 10.6. The van der Waals surface area contributed by atoms with Crippen molar-refractivity contribution in [2.24, 2.45) is 7.05 Å². The molecule has 27 heavy (non-hydrogen) atoms. The number of hydrogen-bond donors (Lipinski definition) is 1. The van der Waals surface area contributed by atoms with Gasteiger partial charge in [-0.15, -0.1) is 0 Å². The van der Waals surface area contributed by atoms with Crippen molar-refractivity contribution in [3.8, 4) is 17.2 Å². The predicted octanol–water partition coefficient (Wildman–Crippen LogP) is 4.72. The number of hydrogen-bond acceptors (Lipinski definition) is 2. The molecule has 3 aromatic rings. The van der Waals surface area contributed by atoms with Crippen molar-refractivity contribution >= 4 is 5.97 Å². The van der Waals surface area contributed by atoms with E-state index in [9.17, 15) is 15.2 Å². The first-order valence-corrected chi connectivity index (χ1v) is 8.96. The number of nitriles is 1. The molecule has 0 bridgehead atoms. The highest BCUT2D eigenvalue weighted by molar-refractivity contribution is 5.97. The van der Waals surface area contributed by atoms with Crippen LogP contribution in [0.3, 0.4) is 0 Å². The molecule has 2 aromatic carbocycles. The summed E-state index contributed by atoms with van der Waals surface area (Å²) < 4.78 is 1.62. The number of aromatic nitrogens is 1. The topological polar surface area (TPSA) is 66.0 Å². The fraction of sp³-hybridized carbons (Fsp3) is 0.217. The van der Waals surface area contributed by atoms with Crippen LogP contribution in [0.1, 0.15) is 45.4 Å². The summed E-state index contributed by atoms with van der Waals surface area (Å²) in [4.78, 5) is 11.8. The maximum atomic E-state index is 11.8. The molecular formula is C23H22N2O2. The van der Waals surface area contributed by atoms with Crippen LogP contribution in [-0.4, -0.2) is 15.6 Å². The molecule has 1 N–H and O–H groups in total. The monoisotopic (exact) mass is 358 g/mol. The molecule has 1 heterocycles. The van der Waals surface area contributed by atoms with Crippen molar-refractivity contribution < 1.29 is 9.90 Å². The lowest BCUT2D eigenvalue weighted by Gasteiger charge is -2.08. The summed E-state index contributed by atoms with van der Waals surface area (Å²) in [5.74, 6) is -1.02. The Morgan fingerprint density at radius 3 is 2.37 bits per heavy atom. The molecule has 0 amide bonds. The van der Waals surface area contributed by atoms with E-state index in [0.717, 1.165) is 23.2 Å². The van der Waals surface area contributed by atoms with Gasteiger partial charge in [-0.1, -0.05) is 55.5 Å². The van der Waals surface area contributed by atoms with Gasteiger partial charge in [0.25, 0.3) is 0 Å². The lowest BCUT2D eigenvalue weighted by Crippen LogP contribution is -2.07. The lowest BCUT2D eigenvalue weighted by molar-refractivity contribution is 0.0687. The molecule has 1 aromatic heterocycles. The summed E-state index contributed by atoms with van der Waals surface area (Å²) in [6.45, 7) is 4.02. The van der Waals surface area contributed by atoms with E-state index >= 15 is 0 Å². The van der Waals surface area contributed by atoms with Crippen molar-refractivity contribution in [2.45, 2.75) is 26.7 Å². The molecule has 0 saturated carbocycles. The highest BCUT2D eigenvalue weighted by Gasteiger charge is 2.25. The van der Waals surface area contributed by atoms with Gasteiger partial charge < -0.3 is 9.67 Å². The Hall–Kier alpha value is -3.32. The Kier molecular flexibility index (Phi) is 5.14. The molecule has 0 atom stereocenters. The van der Waals surface area contributed by atoms with Gasteiger partial charge in [0, 0.05) is 18.3 Å². The van der Waals surface area contributed by atoms with Crippen molar-refractivity contribution in [1.82, 2.24) is 4.57 Å². The number of carbonyl (C=O) groups is 1. The first-order valence-electron chi connectivity index (χ1n) is 8.96. The van der Waals surface area contributed by atoms with Gasteiger partial charge in [0.1, 0.15) is 11.8 Å². The van der Waals surface area contributed by atoms with Gasteiger partial charge in [-0.3, -0.25) is 0 Å². The zero-order valence-corrected chi connectivity index (χ0v) is 15.8. The van der Waals surface area contributed by atoms with Gasteiger partial charge in [-0.2, -0.15) is 5.26 Å². The number of benzene rings is 2. The van der Waals surface area contributed by atoms with E-state index in [1.807, 2.05) is 43.3 Å². The Morgan fingerprint density at radius 2 is 1.81 bits per heavy atom. The van der Waals surface area contributed by atoms with Crippen LogP contribution in [0.25, 0.3) is 11.1 Å². The Morgan fingerprint density at radius 1 is 1.15 bits per heavy atom. The molecule has 0 fully saturated rings. The lowest BCUT2D eigenvalue weighted by atomic mass is 9.96. The number of aromatic carboxylic acids is 1. The number of aryl methyl sites for hydroxylation is 1. The summed E-state index contributed by atoms with van der Waals surface area (Å²) in [5, 5.41) is 19.3. The van der Waals surface area contributed by atoms with Crippen LogP contribution < -0.4 is 0 Å². The average molecular weight is 358 g/mol. The smallest absolute Gasteiger partial charge is 0.353 e. The number of nitrogens with zero attached hydrogens (tertiary/aromatic N) is 2. The van der Waals surface area contributed by atoms with Crippen LogP contribution >= 0.6 is 0 Å². The molecule has 0 saturated heterocycles. The van der Waals surface area contributed by atoms with Crippen LogP contribution in [-0.2, 0) is 19.9 Å². The standard InChI is InChI=1S/C23H22N2O2/c1-4-20-19(14-24)21(22(23(26)27)25(20)3)17-11-9-16(10-12-17)13-18-8-6-5-7-15(18)2/h5-12H,4,13H2,1-3H3,(H,26,27). The molecule has 0 aliphatic rings. The molecule has 136 valence electrons. The third-order valence-electron chi connectivity index (χ3n) is 5.06. The second-order valence-corrected chi connectivity index (χ2v) is 6.68. The quantitative estimate of drug-likeness (QED) is 0.717. The zero-order valence-electron chi connectivity index (χ0n) is 15.8. The van der Waals surface area contributed by atoms with Crippen LogP contribution in [0.15, 0.2) is 48.5 Å². The zero-order chi connectivity index (χ0) is 19.6. The van der Waals surface area contributed by atoms with E-state index < -0.39 is 5.97 Å². The van der Waals surface area contributed by atoms with Gasteiger partial charge in [-0.25, -0.2) is 4.79 Å². The Balaban J connectivity index is 2.04. The predicted molar refractivity (Wildman–Crippen MR) is 106 cm³/mol. The van der Waals surface area contributed by atoms with Crippen molar-refractivity contribution in [2.75, 3.05) is 0 Å². The molecule has 0 unspecified atom stereocenters. The molecule has 4 nitrogen and oxygen atoms in total. The molecule has 0 spiro atoms. The fourth-order valence-corrected chi connectivity index (χ4v) is 3.62. The third-order valence-corrected chi connectivity index (χ3v) is 5.06. The highest BCUT2D eigenvalue weighted by Crippen LogP contribution is 2.33. The van der Waals surface area contributed by atoms with E-state index in [2.05, 4.69) is 25.1 Å². The first kappa shape index (κ1) is 18.5.